The predicted octanol–water partition coefficient (Wildman–Crippen LogP) is 3.53. The summed E-state index contributed by atoms with van der Waals surface area (Å²) >= 11 is 6.05. The van der Waals surface area contributed by atoms with Crippen molar-refractivity contribution < 1.29 is 14.3 Å². The van der Waals surface area contributed by atoms with E-state index in [4.69, 9.17) is 16.3 Å². The highest BCUT2D eigenvalue weighted by atomic mass is 35.5. The maximum atomic E-state index is 12.4. The van der Waals surface area contributed by atoms with Gasteiger partial charge < -0.3 is 20.7 Å². The Morgan fingerprint density at radius 3 is 2.52 bits per heavy atom. The van der Waals surface area contributed by atoms with E-state index in [1.165, 1.54) is 0 Å². The zero-order valence-electron chi connectivity index (χ0n) is 13.9. The van der Waals surface area contributed by atoms with Gasteiger partial charge in [0.25, 0.3) is 5.91 Å². The summed E-state index contributed by atoms with van der Waals surface area (Å²) in [6.45, 7) is 4.60. The Morgan fingerprint density at radius 2 is 1.84 bits per heavy atom. The van der Waals surface area contributed by atoms with E-state index in [0.717, 1.165) is 0 Å². The van der Waals surface area contributed by atoms with Crippen LogP contribution in [0.25, 0.3) is 0 Å². The highest BCUT2D eigenvalue weighted by molar-refractivity contribution is 6.34. The van der Waals surface area contributed by atoms with E-state index in [2.05, 4.69) is 20.9 Å². The van der Waals surface area contributed by atoms with E-state index in [1.807, 2.05) is 13.8 Å². The molecule has 3 N–H and O–H groups in total. The average Bonchev–Trinajstić information content (AvgIpc) is 2.57. The van der Waals surface area contributed by atoms with Crippen molar-refractivity contribution in [2.75, 3.05) is 23.8 Å². The Labute approximate surface area is 150 Å². The first-order valence-corrected chi connectivity index (χ1v) is 8.17. The molecule has 0 bridgehead atoms. The van der Waals surface area contributed by atoms with Crippen LogP contribution in [0.4, 0.5) is 16.2 Å². The number of rotatable bonds is 6. The lowest BCUT2D eigenvalue weighted by Gasteiger charge is -2.10. The Balaban J connectivity index is 2.13. The maximum absolute atomic E-state index is 12.4. The monoisotopic (exact) mass is 362 g/mol. The van der Waals surface area contributed by atoms with Crippen LogP contribution < -0.4 is 20.7 Å². The standard InChI is InChI=1S/C17H19ClN4O3/c1-3-19-17(24)21-12-7-5-6-11(10-12)20-16(23)15-13(18)8-9-14(22-15)25-4-2/h5-10H,3-4H2,1-2H3,(H,20,23)(H2,19,21,24). The molecule has 0 aliphatic carbocycles. The van der Waals surface area contributed by atoms with Crippen LogP contribution in [0.1, 0.15) is 24.3 Å². The van der Waals surface area contributed by atoms with Gasteiger partial charge in [-0.05, 0) is 38.1 Å². The molecule has 0 saturated heterocycles. The van der Waals surface area contributed by atoms with Gasteiger partial charge in [0.15, 0.2) is 5.69 Å². The molecule has 1 heterocycles. The number of nitrogens with one attached hydrogen (secondary N) is 3. The van der Waals surface area contributed by atoms with E-state index in [9.17, 15) is 9.59 Å². The topological polar surface area (TPSA) is 92.4 Å². The van der Waals surface area contributed by atoms with Crippen molar-refractivity contribution in [3.05, 3.63) is 47.1 Å². The minimum absolute atomic E-state index is 0.0645. The van der Waals surface area contributed by atoms with Gasteiger partial charge in [0.05, 0.1) is 11.6 Å². The Hall–Kier alpha value is -2.80. The molecule has 1 aromatic carbocycles. The van der Waals surface area contributed by atoms with Crippen molar-refractivity contribution in [1.29, 1.82) is 0 Å². The van der Waals surface area contributed by atoms with Crippen molar-refractivity contribution in [3.63, 3.8) is 0 Å². The summed E-state index contributed by atoms with van der Waals surface area (Å²) in [5.41, 5.74) is 1.11. The lowest BCUT2D eigenvalue weighted by molar-refractivity contribution is 0.102. The predicted molar refractivity (Wildman–Crippen MR) is 97.5 cm³/mol. The Bertz CT molecular complexity index is 767. The Morgan fingerprint density at radius 1 is 1.12 bits per heavy atom. The number of nitrogens with zero attached hydrogens (tertiary/aromatic N) is 1. The first-order chi connectivity index (χ1) is 12.0. The molecule has 0 aliphatic heterocycles. The van der Waals surface area contributed by atoms with Gasteiger partial charge in [-0.3, -0.25) is 4.79 Å². The summed E-state index contributed by atoms with van der Waals surface area (Å²) in [5.74, 6) is -0.148. The summed E-state index contributed by atoms with van der Waals surface area (Å²) in [6.07, 6.45) is 0. The molecular formula is C17H19ClN4O3. The number of aromatic nitrogens is 1. The minimum Gasteiger partial charge on any atom is -0.478 e. The molecule has 132 valence electrons. The van der Waals surface area contributed by atoms with E-state index in [-0.39, 0.29) is 16.7 Å². The van der Waals surface area contributed by atoms with Gasteiger partial charge in [0, 0.05) is 24.0 Å². The van der Waals surface area contributed by atoms with Crippen LogP contribution in [0.15, 0.2) is 36.4 Å². The number of halogens is 1. The van der Waals surface area contributed by atoms with Crippen LogP contribution in [0.2, 0.25) is 5.02 Å². The van der Waals surface area contributed by atoms with Crippen molar-refractivity contribution in [2.45, 2.75) is 13.8 Å². The van der Waals surface area contributed by atoms with Crippen molar-refractivity contribution in [2.24, 2.45) is 0 Å². The SMILES string of the molecule is CCNC(=O)Nc1cccc(NC(=O)c2nc(OCC)ccc2Cl)c1. The molecule has 25 heavy (non-hydrogen) atoms. The fraction of sp³-hybridized carbons (Fsp3) is 0.235. The highest BCUT2D eigenvalue weighted by Gasteiger charge is 2.14. The number of ether oxygens (including phenoxy) is 1. The molecule has 2 rings (SSSR count). The lowest BCUT2D eigenvalue weighted by Crippen LogP contribution is -2.28. The van der Waals surface area contributed by atoms with E-state index < -0.39 is 5.91 Å². The van der Waals surface area contributed by atoms with E-state index in [1.54, 1.807) is 36.4 Å². The zero-order valence-corrected chi connectivity index (χ0v) is 14.7. The molecule has 1 aromatic heterocycles. The number of hydrogen-bond acceptors (Lipinski definition) is 4. The average molecular weight is 363 g/mol. The molecule has 0 spiro atoms. The summed E-state index contributed by atoms with van der Waals surface area (Å²) in [6, 6.07) is 9.59. The number of anilines is 2. The summed E-state index contributed by atoms with van der Waals surface area (Å²) in [4.78, 5) is 28.1. The summed E-state index contributed by atoms with van der Waals surface area (Å²) < 4.78 is 5.28. The van der Waals surface area contributed by atoms with Gasteiger partial charge in [-0.25, -0.2) is 9.78 Å². The van der Waals surface area contributed by atoms with Gasteiger partial charge in [0.1, 0.15) is 0 Å². The fourth-order valence-corrected chi connectivity index (χ4v) is 2.20. The molecule has 0 aliphatic rings. The normalized spacial score (nSPS) is 10.0. The third-order valence-electron chi connectivity index (χ3n) is 3.04. The minimum atomic E-state index is -0.471. The number of urea groups is 1. The van der Waals surface area contributed by atoms with Crippen LogP contribution in [0.3, 0.4) is 0 Å². The van der Waals surface area contributed by atoms with Crippen molar-refractivity contribution in [1.82, 2.24) is 10.3 Å². The number of carbonyl (C=O) groups excluding carboxylic acids is 2. The third kappa shape index (κ3) is 5.36. The Kier molecular flexibility index (Phi) is 6.59. The largest absolute Gasteiger partial charge is 0.478 e. The zero-order chi connectivity index (χ0) is 18.2. The van der Waals surface area contributed by atoms with Crippen molar-refractivity contribution >= 4 is 34.9 Å². The first kappa shape index (κ1) is 18.5. The number of carbonyl (C=O) groups is 2. The first-order valence-electron chi connectivity index (χ1n) is 7.79. The van der Waals surface area contributed by atoms with E-state index >= 15 is 0 Å². The van der Waals surface area contributed by atoms with Gasteiger partial charge in [-0.1, -0.05) is 17.7 Å². The quantitative estimate of drug-likeness (QED) is 0.733. The molecule has 0 unspecified atom stereocenters. The fourth-order valence-electron chi connectivity index (χ4n) is 2.01. The second-order valence-electron chi connectivity index (χ2n) is 4.93. The lowest BCUT2D eigenvalue weighted by atomic mass is 10.2. The second kappa shape index (κ2) is 8.89. The molecule has 0 fully saturated rings. The van der Waals surface area contributed by atoms with Crippen LogP contribution in [-0.2, 0) is 0 Å². The summed E-state index contributed by atoms with van der Waals surface area (Å²) in [5, 5.41) is 8.22. The smallest absolute Gasteiger partial charge is 0.319 e. The molecule has 7 nitrogen and oxygen atoms in total. The molecule has 0 saturated carbocycles. The molecular weight excluding hydrogens is 344 g/mol. The van der Waals surface area contributed by atoms with Crippen LogP contribution in [-0.4, -0.2) is 30.1 Å². The van der Waals surface area contributed by atoms with Crippen LogP contribution in [0, 0.1) is 0 Å². The maximum Gasteiger partial charge on any atom is 0.319 e. The summed E-state index contributed by atoms with van der Waals surface area (Å²) in [7, 11) is 0. The highest BCUT2D eigenvalue weighted by Crippen LogP contribution is 2.21. The van der Waals surface area contributed by atoms with Gasteiger partial charge in [0.2, 0.25) is 5.88 Å². The molecule has 0 atom stereocenters. The van der Waals surface area contributed by atoms with Gasteiger partial charge in [-0.2, -0.15) is 0 Å². The molecule has 3 amide bonds. The van der Waals surface area contributed by atoms with Gasteiger partial charge in [-0.15, -0.1) is 0 Å². The third-order valence-corrected chi connectivity index (χ3v) is 3.35. The number of pyridine rings is 1. The van der Waals surface area contributed by atoms with E-state index in [0.29, 0.717) is 30.4 Å². The van der Waals surface area contributed by atoms with Crippen LogP contribution in [0.5, 0.6) is 5.88 Å². The molecule has 0 radical (unpaired) electrons. The number of amides is 3. The number of hydrogen-bond donors (Lipinski definition) is 3. The second-order valence-corrected chi connectivity index (χ2v) is 5.34. The van der Waals surface area contributed by atoms with Crippen LogP contribution >= 0.6 is 11.6 Å². The van der Waals surface area contributed by atoms with Crippen molar-refractivity contribution in [3.8, 4) is 5.88 Å². The van der Waals surface area contributed by atoms with Gasteiger partial charge >= 0.3 is 6.03 Å². The molecule has 2 aromatic rings. The molecule has 8 heteroatoms. The number of benzene rings is 1.